The van der Waals surface area contributed by atoms with Gasteiger partial charge in [0.25, 0.3) is 0 Å². The van der Waals surface area contributed by atoms with Gasteiger partial charge in [0, 0.05) is 32.2 Å². The SMILES string of the molecule is C=CC[C@@H](c1ccccc1)N1CCNCC1. The zero-order chi connectivity index (χ0) is 11.2. The van der Waals surface area contributed by atoms with Gasteiger partial charge in [-0.25, -0.2) is 0 Å². The van der Waals surface area contributed by atoms with Crippen LogP contribution in [-0.2, 0) is 0 Å². The number of hydrogen-bond donors (Lipinski definition) is 1. The second-order valence-electron chi connectivity index (χ2n) is 4.24. The van der Waals surface area contributed by atoms with Crippen LogP contribution >= 0.6 is 0 Å². The zero-order valence-corrected chi connectivity index (χ0v) is 9.73. The minimum atomic E-state index is 0.501. The van der Waals surface area contributed by atoms with E-state index in [2.05, 4.69) is 47.1 Å². The Morgan fingerprint density at radius 2 is 1.94 bits per heavy atom. The summed E-state index contributed by atoms with van der Waals surface area (Å²) in [6, 6.07) is 11.3. The molecule has 2 nitrogen and oxygen atoms in total. The van der Waals surface area contributed by atoms with Gasteiger partial charge in [-0.1, -0.05) is 36.4 Å². The number of hydrogen-bond acceptors (Lipinski definition) is 2. The minimum absolute atomic E-state index is 0.501. The van der Waals surface area contributed by atoms with E-state index in [1.807, 2.05) is 6.08 Å². The summed E-state index contributed by atoms with van der Waals surface area (Å²) in [5.74, 6) is 0. The van der Waals surface area contributed by atoms with Gasteiger partial charge in [0.2, 0.25) is 0 Å². The standard InChI is InChI=1S/C14H20N2/c1-2-6-14(13-7-4-3-5-8-13)16-11-9-15-10-12-16/h2-5,7-8,14-15H,1,6,9-12H2/t14-/m0/s1. The second kappa shape index (κ2) is 5.83. The third-order valence-electron chi connectivity index (χ3n) is 3.17. The van der Waals surface area contributed by atoms with Gasteiger partial charge in [-0.3, -0.25) is 4.90 Å². The molecule has 0 saturated carbocycles. The van der Waals surface area contributed by atoms with Crippen molar-refractivity contribution in [1.29, 1.82) is 0 Å². The van der Waals surface area contributed by atoms with Crippen LogP contribution in [0.4, 0.5) is 0 Å². The molecule has 1 N–H and O–H groups in total. The van der Waals surface area contributed by atoms with E-state index >= 15 is 0 Å². The van der Waals surface area contributed by atoms with Crippen LogP contribution in [0.5, 0.6) is 0 Å². The molecular formula is C14H20N2. The first-order valence-electron chi connectivity index (χ1n) is 6.02. The molecule has 1 fully saturated rings. The molecule has 1 atom stereocenters. The highest BCUT2D eigenvalue weighted by Gasteiger charge is 2.20. The van der Waals surface area contributed by atoms with Crippen LogP contribution in [-0.4, -0.2) is 31.1 Å². The average molecular weight is 216 g/mol. The molecule has 1 aromatic carbocycles. The van der Waals surface area contributed by atoms with E-state index in [0.29, 0.717) is 6.04 Å². The molecule has 0 radical (unpaired) electrons. The lowest BCUT2D eigenvalue weighted by molar-refractivity contribution is 0.174. The van der Waals surface area contributed by atoms with E-state index in [-0.39, 0.29) is 0 Å². The monoisotopic (exact) mass is 216 g/mol. The van der Waals surface area contributed by atoms with Crippen molar-refractivity contribution < 1.29 is 0 Å². The van der Waals surface area contributed by atoms with Gasteiger partial charge < -0.3 is 5.32 Å². The zero-order valence-electron chi connectivity index (χ0n) is 9.73. The van der Waals surface area contributed by atoms with Gasteiger partial charge in [0.1, 0.15) is 0 Å². The lowest BCUT2D eigenvalue weighted by Crippen LogP contribution is -2.45. The first kappa shape index (κ1) is 11.4. The molecule has 2 heteroatoms. The Bertz CT molecular complexity index is 315. The molecule has 86 valence electrons. The topological polar surface area (TPSA) is 15.3 Å². The summed E-state index contributed by atoms with van der Waals surface area (Å²) < 4.78 is 0. The van der Waals surface area contributed by atoms with Gasteiger partial charge in [0.05, 0.1) is 0 Å². The van der Waals surface area contributed by atoms with E-state index < -0.39 is 0 Å². The Hall–Kier alpha value is -1.12. The number of piperazine rings is 1. The molecule has 1 saturated heterocycles. The molecule has 2 rings (SSSR count). The van der Waals surface area contributed by atoms with Crippen molar-refractivity contribution in [2.75, 3.05) is 26.2 Å². The summed E-state index contributed by atoms with van der Waals surface area (Å²) >= 11 is 0. The van der Waals surface area contributed by atoms with Crippen LogP contribution in [0.15, 0.2) is 43.0 Å². The molecule has 0 unspecified atom stereocenters. The Morgan fingerprint density at radius 1 is 1.25 bits per heavy atom. The molecule has 1 aliphatic rings. The first-order valence-corrected chi connectivity index (χ1v) is 6.02. The van der Waals surface area contributed by atoms with Crippen molar-refractivity contribution in [1.82, 2.24) is 10.2 Å². The summed E-state index contributed by atoms with van der Waals surface area (Å²) in [7, 11) is 0. The number of nitrogens with zero attached hydrogens (tertiary/aromatic N) is 1. The molecule has 0 aromatic heterocycles. The lowest BCUT2D eigenvalue weighted by Gasteiger charge is -2.34. The molecule has 0 spiro atoms. The van der Waals surface area contributed by atoms with Crippen LogP contribution < -0.4 is 5.32 Å². The smallest absolute Gasteiger partial charge is 0.0383 e. The number of benzene rings is 1. The van der Waals surface area contributed by atoms with Crippen LogP contribution in [0.25, 0.3) is 0 Å². The molecule has 0 aliphatic carbocycles. The largest absolute Gasteiger partial charge is 0.314 e. The lowest BCUT2D eigenvalue weighted by atomic mass is 10.0. The summed E-state index contributed by atoms with van der Waals surface area (Å²) in [6.45, 7) is 8.34. The third-order valence-corrected chi connectivity index (χ3v) is 3.17. The fourth-order valence-electron chi connectivity index (χ4n) is 2.32. The third kappa shape index (κ3) is 2.71. The van der Waals surface area contributed by atoms with E-state index in [9.17, 15) is 0 Å². The van der Waals surface area contributed by atoms with E-state index in [0.717, 1.165) is 32.6 Å². The molecule has 0 amide bonds. The highest BCUT2D eigenvalue weighted by molar-refractivity contribution is 5.20. The van der Waals surface area contributed by atoms with Crippen molar-refractivity contribution >= 4 is 0 Å². The van der Waals surface area contributed by atoms with E-state index in [1.165, 1.54) is 5.56 Å². The number of rotatable bonds is 4. The second-order valence-corrected chi connectivity index (χ2v) is 4.24. The Balaban J connectivity index is 2.12. The van der Waals surface area contributed by atoms with Crippen molar-refractivity contribution in [2.24, 2.45) is 0 Å². The molecule has 1 heterocycles. The van der Waals surface area contributed by atoms with Crippen LogP contribution in [0.1, 0.15) is 18.0 Å². The van der Waals surface area contributed by atoms with Crippen molar-refractivity contribution in [3.63, 3.8) is 0 Å². The van der Waals surface area contributed by atoms with Crippen molar-refractivity contribution in [3.05, 3.63) is 48.6 Å². The summed E-state index contributed by atoms with van der Waals surface area (Å²) in [5, 5.41) is 3.40. The van der Waals surface area contributed by atoms with Crippen LogP contribution in [0, 0.1) is 0 Å². The van der Waals surface area contributed by atoms with Gasteiger partial charge in [0.15, 0.2) is 0 Å². The molecule has 0 bridgehead atoms. The number of nitrogens with one attached hydrogen (secondary N) is 1. The maximum atomic E-state index is 3.88. The first-order chi connectivity index (χ1) is 7.92. The fourth-order valence-corrected chi connectivity index (χ4v) is 2.32. The quantitative estimate of drug-likeness (QED) is 0.776. The van der Waals surface area contributed by atoms with Gasteiger partial charge in [-0.15, -0.1) is 6.58 Å². The fraction of sp³-hybridized carbons (Fsp3) is 0.429. The summed E-state index contributed by atoms with van der Waals surface area (Å²) in [6.07, 6.45) is 3.06. The predicted molar refractivity (Wildman–Crippen MR) is 68.4 cm³/mol. The maximum Gasteiger partial charge on any atom is 0.0383 e. The predicted octanol–water partition coefficient (Wildman–Crippen LogP) is 2.21. The molecule has 1 aromatic rings. The van der Waals surface area contributed by atoms with Crippen LogP contribution in [0.2, 0.25) is 0 Å². The van der Waals surface area contributed by atoms with Gasteiger partial charge in [-0.05, 0) is 12.0 Å². The highest BCUT2D eigenvalue weighted by Crippen LogP contribution is 2.24. The Morgan fingerprint density at radius 3 is 2.56 bits per heavy atom. The van der Waals surface area contributed by atoms with E-state index in [1.54, 1.807) is 0 Å². The molecular weight excluding hydrogens is 196 g/mol. The van der Waals surface area contributed by atoms with Gasteiger partial charge >= 0.3 is 0 Å². The van der Waals surface area contributed by atoms with Crippen LogP contribution in [0.3, 0.4) is 0 Å². The van der Waals surface area contributed by atoms with Crippen molar-refractivity contribution in [2.45, 2.75) is 12.5 Å². The molecule has 16 heavy (non-hydrogen) atoms. The summed E-state index contributed by atoms with van der Waals surface area (Å²) in [4.78, 5) is 2.55. The minimum Gasteiger partial charge on any atom is -0.314 e. The van der Waals surface area contributed by atoms with E-state index in [4.69, 9.17) is 0 Å². The average Bonchev–Trinajstić information content (AvgIpc) is 2.38. The maximum absolute atomic E-state index is 3.88. The Kier molecular flexibility index (Phi) is 4.14. The van der Waals surface area contributed by atoms with Gasteiger partial charge in [-0.2, -0.15) is 0 Å². The molecule has 1 aliphatic heterocycles. The Labute approximate surface area is 98.0 Å². The highest BCUT2D eigenvalue weighted by atomic mass is 15.2. The van der Waals surface area contributed by atoms with Crippen molar-refractivity contribution in [3.8, 4) is 0 Å². The summed E-state index contributed by atoms with van der Waals surface area (Å²) in [5.41, 5.74) is 1.41. The normalized spacial score (nSPS) is 19.2.